The number of thioether (sulfide) groups is 1. The maximum absolute atomic E-state index is 11.8. The molecule has 0 saturated carbocycles. The molecular formula is C10H12O3S2. The van der Waals surface area contributed by atoms with E-state index < -0.39 is 16.8 Å². The first-order valence-electron chi connectivity index (χ1n) is 4.36. The molecule has 1 unspecified atom stereocenters. The van der Waals surface area contributed by atoms with Gasteiger partial charge in [0.05, 0.1) is 21.3 Å². The van der Waals surface area contributed by atoms with Crippen LogP contribution in [0.2, 0.25) is 0 Å². The zero-order valence-corrected chi connectivity index (χ0v) is 9.94. The van der Waals surface area contributed by atoms with Crippen LogP contribution in [0.1, 0.15) is 10.4 Å². The molecule has 15 heavy (non-hydrogen) atoms. The van der Waals surface area contributed by atoms with Gasteiger partial charge in [0, 0.05) is 11.5 Å². The molecule has 0 bridgehead atoms. The number of hydrogen-bond acceptors (Lipinski definition) is 3. The lowest BCUT2D eigenvalue weighted by Gasteiger charge is -2.04. The van der Waals surface area contributed by atoms with Crippen molar-refractivity contribution in [2.45, 2.75) is 4.90 Å². The summed E-state index contributed by atoms with van der Waals surface area (Å²) in [6.45, 7) is 0. The van der Waals surface area contributed by atoms with Crippen LogP contribution in [-0.2, 0) is 10.8 Å². The molecule has 0 aliphatic rings. The molecule has 0 heterocycles. The van der Waals surface area contributed by atoms with Gasteiger partial charge in [0.15, 0.2) is 0 Å². The van der Waals surface area contributed by atoms with E-state index in [1.54, 1.807) is 30.0 Å². The fourth-order valence-electron chi connectivity index (χ4n) is 1.11. The Labute approximate surface area is 95.3 Å². The summed E-state index contributed by atoms with van der Waals surface area (Å²) in [5, 5.41) is 8.90. The van der Waals surface area contributed by atoms with Crippen molar-refractivity contribution in [3.63, 3.8) is 0 Å². The molecule has 0 spiro atoms. The summed E-state index contributed by atoms with van der Waals surface area (Å²) in [5.41, 5.74) is 0.136. The Morgan fingerprint density at radius 1 is 1.47 bits per heavy atom. The van der Waals surface area contributed by atoms with Crippen molar-refractivity contribution in [1.29, 1.82) is 0 Å². The van der Waals surface area contributed by atoms with Gasteiger partial charge in [-0.15, -0.1) is 0 Å². The third kappa shape index (κ3) is 3.35. The molecule has 0 aliphatic heterocycles. The molecule has 1 N–H and O–H groups in total. The Balaban J connectivity index is 2.92. The van der Waals surface area contributed by atoms with Crippen LogP contribution in [0.4, 0.5) is 0 Å². The molecule has 0 fully saturated rings. The molecule has 0 saturated heterocycles. The number of hydrogen-bond donors (Lipinski definition) is 1. The molecule has 3 nitrogen and oxygen atoms in total. The van der Waals surface area contributed by atoms with Gasteiger partial charge in [0.2, 0.25) is 0 Å². The SMILES string of the molecule is CSCCS(=O)c1ccccc1C(=O)O. The normalized spacial score (nSPS) is 12.3. The maximum Gasteiger partial charge on any atom is 0.336 e. The molecule has 0 radical (unpaired) electrons. The van der Waals surface area contributed by atoms with Crippen molar-refractivity contribution in [2.75, 3.05) is 17.8 Å². The van der Waals surface area contributed by atoms with Gasteiger partial charge in [-0.2, -0.15) is 11.8 Å². The van der Waals surface area contributed by atoms with Crippen LogP contribution >= 0.6 is 11.8 Å². The van der Waals surface area contributed by atoms with Gasteiger partial charge in [-0.3, -0.25) is 4.21 Å². The molecule has 0 aromatic heterocycles. The Bertz CT molecular complexity index is 377. The van der Waals surface area contributed by atoms with Crippen molar-refractivity contribution in [2.24, 2.45) is 0 Å². The Kier molecular flexibility index (Phi) is 4.84. The molecule has 5 heteroatoms. The van der Waals surface area contributed by atoms with Gasteiger partial charge >= 0.3 is 5.97 Å². The van der Waals surface area contributed by atoms with E-state index in [0.717, 1.165) is 5.75 Å². The lowest BCUT2D eigenvalue weighted by molar-refractivity contribution is 0.0693. The first-order chi connectivity index (χ1) is 7.16. The van der Waals surface area contributed by atoms with Gasteiger partial charge < -0.3 is 5.11 Å². The standard InChI is InChI=1S/C10H12O3S2/c1-14-6-7-15(13)9-5-3-2-4-8(9)10(11)12/h2-5H,6-7H2,1H3,(H,11,12). The number of aromatic carboxylic acids is 1. The van der Waals surface area contributed by atoms with E-state index in [4.69, 9.17) is 5.11 Å². The zero-order valence-electron chi connectivity index (χ0n) is 8.30. The predicted octanol–water partition coefficient (Wildman–Crippen LogP) is 1.86. The Morgan fingerprint density at radius 3 is 2.73 bits per heavy atom. The van der Waals surface area contributed by atoms with E-state index in [1.165, 1.54) is 6.07 Å². The highest BCUT2D eigenvalue weighted by atomic mass is 32.2. The third-order valence-electron chi connectivity index (χ3n) is 1.84. The smallest absolute Gasteiger partial charge is 0.336 e. The highest BCUT2D eigenvalue weighted by molar-refractivity contribution is 7.99. The topological polar surface area (TPSA) is 54.4 Å². The molecular weight excluding hydrogens is 232 g/mol. The summed E-state index contributed by atoms with van der Waals surface area (Å²) in [7, 11) is -1.22. The molecule has 1 atom stereocenters. The lowest BCUT2D eigenvalue weighted by atomic mass is 10.2. The van der Waals surface area contributed by atoms with Crippen LogP contribution < -0.4 is 0 Å². The minimum absolute atomic E-state index is 0.136. The van der Waals surface area contributed by atoms with Crippen LogP contribution in [0.15, 0.2) is 29.2 Å². The number of carboxylic acid groups (broad SMARTS) is 1. The highest BCUT2D eigenvalue weighted by Crippen LogP contribution is 2.14. The minimum atomic E-state index is -1.22. The summed E-state index contributed by atoms with van der Waals surface area (Å²) in [4.78, 5) is 11.3. The first kappa shape index (κ1) is 12.3. The van der Waals surface area contributed by atoms with Gasteiger partial charge in [-0.1, -0.05) is 12.1 Å². The Morgan fingerprint density at radius 2 is 2.13 bits per heavy atom. The molecule has 1 aromatic carbocycles. The quantitative estimate of drug-likeness (QED) is 0.859. The van der Waals surface area contributed by atoms with Gasteiger partial charge in [0.1, 0.15) is 0 Å². The van der Waals surface area contributed by atoms with Crippen molar-refractivity contribution < 1.29 is 14.1 Å². The van der Waals surface area contributed by atoms with Crippen LogP contribution in [0, 0.1) is 0 Å². The monoisotopic (exact) mass is 244 g/mol. The number of carbonyl (C=O) groups is 1. The fraction of sp³-hybridized carbons (Fsp3) is 0.300. The van der Waals surface area contributed by atoms with Crippen molar-refractivity contribution in [3.8, 4) is 0 Å². The van der Waals surface area contributed by atoms with Crippen LogP contribution in [-0.4, -0.2) is 33.0 Å². The largest absolute Gasteiger partial charge is 0.478 e. The lowest BCUT2D eigenvalue weighted by Crippen LogP contribution is -2.07. The van der Waals surface area contributed by atoms with E-state index in [9.17, 15) is 9.00 Å². The van der Waals surface area contributed by atoms with Crippen LogP contribution in [0.5, 0.6) is 0 Å². The second kappa shape index (κ2) is 5.92. The molecule has 1 aromatic rings. The second-order valence-corrected chi connectivity index (χ2v) is 5.37. The summed E-state index contributed by atoms with van der Waals surface area (Å²) in [6, 6.07) is 6.44. The van der Waals surface area contributed by atoms with Crippen molar-refractivity contribution in [1.82, 2.24) is 0 Å². The first-order valence-corrected chi connectivity index (χ1v) is 7.07. The number of benzene rings is 1. The molecule has 82 valence electrons. The van der Waals surface area contributed by atoms with E-state index >= 15 is 0 Å². The van der Waals surface area contributed by atoms with Gasteiger partial charge in [0.25, 0.3) is 0 Å². The minimum Gasteiger partial charge on any atom is -0.478 e. The van der Waals surface area contributed by atoms with Gasteiger partial charge in [-0.25, -0.2) is 4.79 Å². The van der Waals surface area contributed by atoms with E-state index in [-0.39, 0.29) is 5.56 Å². The predicted molar refractivity (Wildman–Crippen MR) is 63.1 cm³/mol. The van der Waals surface area contributed by atoms with E-state index in [2.05, 4.69) is 0 Å². The molecule has 0 amide bonds. The fourth-order valence-corrected chi connectivity index (χ4v) is 3.23. The summed E-state index contributed by atoms with van der Waals surface area (Å²) >= 11 is 1.60. The van der Waals surface area contributed by atoms with E-state index in [0.29, 0.717) is 10.6 Å². The van der Waals surface area contributed by atoms with Gasteiger partial charge in [-0.05, 0) is 18.4 Å². The third-order valence-corrected chi connectivity index (χ3v) is 4.13. The second-order valence-electron chi connectivity index (χ2n) is 2.84. The average Bonchev–Trinajstić information content (AvgIpc) is 2.25. The number of rotatable bonds is 5. The summed E-state index contributed by atoms with van der Waals surface area (Å²) < 4.78 is 11.8. The van der Waals surface area contributed by atoms with Crippen molar-refractivity contribution in [3.05, 3.63) is 29.8 Å². The highest BCUT2D eigenvalue weighted by Gasteiger charge is 2.13. The Hall–Kier alpha value is -0.810. The van der Waals surface area contributed by atoms with Crippen LogP contribution in [0.25, 0.3) is 0 Å². The molecule has 0 aliphatic carbocycles. The van der Waals surface area contributed by atoms with Crippen LogP contribution in [0.3, 0.4) is 0 Å². The zero-order chi connectivity index (χ0) is 11.3. The summed E-state index contributed by atoms with van der Waals surface area (Å²) in [6.07, 6.45) is 1.93. The van der Waals surface area contributed by atoms with E-state index in [1.807, 2.05) is 6.26 Å². The maximum atomic E-state index is 11.8. The van der Waals surface area contributed by atoms with Crippen molar-refractivity contribution >= 4 is 28.5 Å². The summed E-state index contributed by atoms with van der Waals surface area (Å²) in [5.74, 6) is 0.231. The number of carboxylic acids is 1. The average molecular weight is 244 g/mol. The molecule has 1 rings (SSSR count).